The quantitative estimate of drug-likeness (QED) is 0.747. The van der Waals surface area contributed by atoms with Gasteiger partial charge in [-0.15, -0.1) is 0 Å². The second kappa shape index (κ2) is 4.71. The van der Waals surface area contributed by atoms with Crippen LogP contribution in [0.25, 0.3) is 0 Å². The summed E-state index contributed by atoms with van der Waals surface area (Å²) in [4.78, 5) is 13.8. The fourth-order valence-corrected chi connectivity index (χ4v) is 2.25. The fraction of sp³-hybridized carbons (Fsp3) is 0.533. The predicted molar refractivity (Wildman–Crippen MR) is 70.2 cm³/mol. The minimum absolute atomic E-state index is 0.101. The molecule has 98 valence electrons. The van der Waals surface area contributed by atoms with Gasteiger partial charge in [0.1, 0.15) is 5.82 Å². The zero-order chi connectivity index (χ0) is 13.3. The predicted octanol–water partition coefficient (Wildman–Crippen LogP) is 3.36. The highest BCUT2D eigenvalue weighted by molar-refractivity contribution is 5.94. The second-order valence-electron chi connectivity index (χ2n) is 5.94. The number of rotatable bonds is 1. The van der Waals surface area contributed by atoms with E-state index < -0.39 is 5.82 Å². The van der Waals surface area contributed by atoms with E-state index in [1.165, 1.54) is 6.07 Å². The van der Waals surface area contributed by atoms with E-state index >= 15 is 0 Å². The molecule has 0 N–H and O–H groups in total. The number of hydrogen-bond donors (Lipinski definition) is 0. The Balaban J connectivity index is 2.27. The highest BCUT2D eigenvalue weighted by Crippen LogP contribution is 2.25. The number of hydrogen-bond acceptors (Lipinski definition) is 1. The Morgan fingerprint density at radius 1 is 1.22 bits per heavy atom. The van der Waals surface area contributed by atoms with Gasteiger partial charge in [-0.1, -0.05) is 26.8 Å². The lowest BCUT2D eigenvalue weighted by atomic mass is 9.86. The molecular weight excluding hydrogens is 229 g/mol. The summed E-state index contributed by atoms with van der Waals surface area (Å²) in [7, 11) is 0. The average Bonchev–Trinajstić information content (AvgIpc) is 2.80. The van der Waals surface area contributed by atoms with Crippen molar-refractivity contribution < 1.29 is 9.18 Å². The lowest BCUT2D eigenvalue weighted by Gasteiger charge is -2.21. The van der Waals surface area contributed by atoms with Crippen molar-refractivity contribution in [1.29, 1.82) is 0 Å². The topological polar surface area (TPSA) is 20.3 Å². The first-order chi connectivity index (χ1) is 8.39. The van der Waals surface area contributed by atoms with Gasteiger partial charge in [0.15, 0.2) is 0 Å². The van der Waals surface area contributed by atoms with Gasteiger partial charge in [-0.3, -0.25) is 4.79 Å². The molecule has 1 aromatic carbocycles. The van der Waals surface area contributed by atoms with Crippen LogP contribution in [0, 0.1) is 5.82 Å². The Hall–Kier alpha value is -1.38. The van der Waals surface area contributed by atoms with Crippen LogP contribution in [-0.4, -0.2) is 23.9 Å². The van der Waals surface area contributed by atoms with Crippen LogP contribution in [0.4, 0.5) is 4.39 Å². The van der Waals surface area contributed by atoms with E-state index in [9.17, 15) is 9.18 Å². The van der Waals surface area contributed by atoms with E-state index in [2.05, 4.69) is 0 Å². The number of amides is 1. The minimum Gasteiger partial charge on any atom is -0.339 e. The van der Waals surface area contributed by atoms with Crippen molar-refractivity contribution in [2.24, 2.45) is 0 Å². The molecule has 3 heteroatoms. The number of carbonyl (C=O) groups excluding carboxylic acids is 1. The second-order valence-corrected chi connectivity index (χ2v) is 5.94. The van der Waals surface area contributed by atoms with Crippen molar-refractivity contribution >= 4 is 5.91 Å². The molecule has 0 aliphatic carbocycles. The summed E-state index contributed by atoms with van der Waals surface area (Å²) in [6.45, 7) is 7.59. The van der Waals surface area contributed by atoms with Crippen LogP contribution < -0.4 is 0 Å². The van der Waals surface area contributed by atoms with Gasteiger partial charge in [0, 0.05) is 13.1 Å². The molecule has 1 heterocycles. The van der Waals surface area contributed by atoms with Crippen LogP contribution in [0.1, 0.15) is 49.5 Å². The SMILES string of the molecule is CC(C)(C)c1ccc(C(=O)N2CCCC2)c(F)c1. The molecule has 1 amide bonds. The van der Waals surface area contributed by atoms with Gasteiger partial charge in [-0.25, -0.2) is 4.39 Å². The lowest BCUT2D eigenvalue weighted by molar-refractivity contribution is 0.0788. The molecule has 0 saturated carbocycles. The first kappa shape index (κ1) is 13.1. The first-order valence-corrected chi connectivity index (χ1v) is 6.49. The summed E-state index contributed by atoms with van der Waals surface area (Å²) in [5, 5.41) is 0. The normalized spacial score (nSPS) is 16.1. The number of likely N-dealkylation sites (tertiary alicyclic amines) is 1. The molecule has 1 aromatic rings. The largest absolute Gasteiger partial charge is 0.339 e. The van der Waals surface area contributed by atoms with Crippen molar-refractivity contribution in [1.82, 2.24) is 4.90 Å². The third-order valence-corrected chi connectivity index (χ3v) is 3.46. The molecule has 0 unspecified atom stereocenters. The van der Waals surface area contributed by atoms with Gasteiger partial charge in [-0.2, -0.15) is 0 Å². The van der Waals surface area contributed by atoms with Gasteiger partial charge >= 0.3 is 0 Å². The number of benzene rings is 1. The number of nitrogens with zero attached hydrogens (tertiary/aromatic N) is 1. The number of halogens is 1. The summed E-state index contributed by atoms with van der Waals surface area (Å²) in [5.41, 5.74) is 1.01. The van der Waals surface area contributed by atoms with Gasteiger partial charge < -0.3 is 4.90 Å². The van der Waals surface area contributed by atoms with Crippen LogP contribution in [0.3, 0.4) is 0 Å². The summed E-state index contributed by atoms with van der Waals surface area (Å²) >= 11 is 0. The van der Waals surface area contributed by atoms with E-state index in [0.717, 1.165) is 31.5 Å². The third kappa shape index (κ3) is 2.55. The van der Waals surface area contributed by atoms with Crippen molar-refractivity contribution in [3.05, 3.63) is 35.1 Å². The van der Waals surface area contributed by atoms with Crippen LogP contribution in [0.5, 0.6) is 0 Å². The molecule has 1 aliphatic rings. The van der Waals surface area contributed by atoms with Crippen molar-refractivity contribution in [3.8, 4) is 0 Å². The summed E-state index contributed by atoms with van der Waals surface area (Å²) < 4.78 is 14.0. The van der Waals surface area contributed by atoms with E-state index in [-0.39, 0.29) is 16.9 Å². The van der Waals surface area contributed by atoms with E-state index in [0.29, 0.717) is 0 Å². The Kier molecular flexibility index (Phi) is 3.42. The molecule has 1 saturated heterocycles. The van der Waals surface area contributed by atoms with Crippen molar-refractivity contribution in [3.63, 3.8) is 0 Å². The van der Waals surface area contributed by atoms with Crippen molar-refractivity contribution in [2.75, 3.05) is 13.1 Å². The van der Waals surface area contributed by atoms with E-state index in [1.807, 2.05) is 26.8 Å². The van der Waals surface area contributed by atoms with E-state index in [4.69, 9.17) is 0 Å². The number of carbonyl (C=O) groups is 1. The maximum atomic E-state index is 14.0. The first-order valence-electron chi connectivity index (χ1n) is 6.49. The Morgan fingerprint density at radius 3 is 2.33 bits per heavy atom. The smallest absolute Gasteiger partial charge is 0.256 e. The van der Waals surface area contributed by atoms with Crippen LogP contribution >= 0.6 is 0 Å². The zero-order valence-corrected chi connectivity index (χ0v) is 11.3. The maximum absolute atomic E-state index is 14.0. The molecule has 2 rings (SSSR count). The Bertz CT molecular complexity index is 456. The fourth-order valence-electron chi connectivity index (χ4n) is 2.25. The lowest BCUT2D eigenvalue weighted by Crippen LogP contribution is -2.28. The highest BCUT2D eigenvalue weighted by atomic mass is 19.1. The molecular formula is C15H20FNO. The van der Waals surface area contributed by atoms with Gasteiger partial charge in [0.25, 0.3) is 5.91 Å². The highest BCUT2D eigenvalue weighted by Gasteiger charge is 2.23. The Labute approximate surface area is 108 Å². The molecule has 18 heavy (non-hydrogen) atoms. The average molecular weight is 249 g/mol. The summed E-state index contributed by atoms with van der Waals surface area (Å²) in [6.07, 6.45) is 2.04. The summed E-state index contributed by atoms with van der Waals surface area (Å²) in [6, 6.07) is 4.96. The standard InChI is InChI=1S/C15H20FNO/c1-15(2,3)11-6-7-12(13(16)10-11)14(18)17-8-4-5-9-17/h6-7,10H,4-5,8-9H2,1-3H3. The molecule has 0 atom stereocenters. The van der Waals surface area contributed by atoms with Gasteiger partial charge in [0.05, 0.1) is 5.56 Å². The molecule has 0 bridgehead atoms. The molecule has 1 fully saturated rings. The molecule has 2 nitrogen and oxygen atoms in total. The minimum atomic E-state index is -0.403. The maximum Gasteiger partial charge on any atom is 0.256 e. The molecule has 0 radical (unpaired) electrons. The molecule has 0 aromatic heterocycles. The van der Waals surface area contributed by atoms with Gasteiger partial charge in [-0.05, 0) is 36.0 Å². The van der Waals surface area contributed by atoms with Crippen LogP contribution in [-0.2, 0) is 5.41 Å². The van der Waals surface area contributed by atoms with Crippen molar-refractivity contribution in [2.45, 2.75) is 39.0 Å². The zero-order valence-electron chi connectivity index (χ0n) is 11.3. The third-order valence-electron chi connectivity index (χ3n) is 3.46. The molecule has 1 aliphatic heterocycles. The van der Waals surface area contributed by atoms with Crippen LogP contribution in [0.2, 0.25) is 0 Å². The van der Waals surface area contributed by atoms with Crippen LogP contribution in [0.15, 0.2) is 18.2 Å². The Morgan fingerprint density at radius 2 is 1.83 bits per heavy atom. The summed E-state index contributed by atoms with van der Waals surface area (Å²) in [5.74, 6) is -0.579. The molecule has 0 spiro atoms. The van der Waals surface area contributed by atoms with Gasteiger partial charge in [0.2, 0.25) is 0 Å². The van der Waals surface area contributed by atoms with E-state index in [1.54, 1.807) is 11.0 Å². The monoisotopic (exact) mass is 249 g/mol.